The van der Waals surface area contributed by atoms with E-state index in [1.54, 1.807) is 13.2 Å². The van der Waals surface area contributed by atoms with Crippen molar-refractivity contribution in [1.82, 2.24) is 24.8 Å². The summed E-state index contributed by atoms with van der Waals surface area (Å²) in [5.41, 5.74) is 4.15. The molecule has 4 rings (SSSR count). The molecule has 1 aromatic carbocycles. The Balaban J connectivity index is 1.66. The Labute approximate surface area is 180 Å². The van der Waals surface area contributed by atoms with Crippen molar-refractivity contribution in [1.29, 1.82) is 0 Å². The summed E-state index contributed by atoms with van der Waals surface area (Å²) >= 11 is 12.9. The van der Waals surface area contributed by atoms with E-state index in [1.807, 2.05) is 18.3 Å². The maximum Gasteiger partial charge on any atom is 0.220 e. The van der Waals surface area contributed by atoms with Crippen LogP contribution in [0.2, 0.25) is 10.0 Å². The largest absolute Gasteiger partial charge is 0.359 e. The molecule has 3 aromatic rings. The molecule has 0 radical (unpaired) electrons. The van der Waals surface area contributed by atoms with Crippen LogP contribution in [0.3, 0.4) is 0 Å². The summed E-state index contributed by atoms with van der Waals surface area (Å²) in [5.74, 6) is 0.163. The Morgan fingerprint density at radius 3 is 2.97 bits per heavy atom. The molecule has 0 spiro atoms. The standard InChI is InChI=1S/C19H21Cl2N5O2S/c1-22-16(27)6-7-29(28)25-12-2-5-15-17(11-8-23-24-9-11)13-3-4-14(20)18(21)19(13)26(15)10-12/h3-4,8-9,12,25H,2,5-7,10H2,1H3,(H,22,27)(H,23,24). The van der Waals surface area contributed by atoms with Crippen molar-refractivity contribution in [2.45, 2.75) is 31.8 Å². The second-order valence-corrected chi connectivity index (χ2v) is 9.12. The van der Waals surface area contributed by atoms with Crippen LogP contribution in [0.4, 0.5) is 0 Å². The molecule has 0 fully saturated rings. The highest BCUT2D eigenvalue weighted by Gasteiger charge is 2.28. The highest BCUT2D eigenvalue weighted by molar-refractivity contribution is 7.83. The van der Waals surface area contributed by atoms with Crippen LogP contribution in [0.1, 0.15) is 18.5 Å². The van der Waals surface area contributed by atoms with E-state index in [0.29, 0.717) is 16.6 Å². The van der Waals surface area contributed by atoms with Gasteiger partial charge in [-0.05, 0) is 18.9 Å². The highest BCUT2D eigenvalue weighted by atomic mass is 35.5. The molecule has 2 atom stereocenters. The summed E-state index contributed by atoms with van der Waals surface area (Å²) in [6.45, 7) is 0.620. The summed E-state index contributed by atoms with van der Waals surface area (Å²) in [6, 6.07) is 3.81. The average Bonchev–Trinajstić information content (AvgIpc) is 3.34. The monoisotopic (exact) mass is 453 g/mol. The lowest BCUT2D eigenvalue weighted by atomic mass is 9.99. The average molecular weight is 454 g/mol. The minimum atomic E-state index is -1.28. The van der Waals surface area contributed by atoms with Gasteiger partial charge in [-0.3, -0.25) is 9.89 Å². The van der Waals surface area contributed by atoms with Gasteiger partial charge in [-0.1, -0.05) is 29.3 Å². The number of nitrogens with one attached hydrogen (secondary N) is 3. The lowest BCUT2D eigenvalue weighted by molar-refractivity contribution is -0.120. The van der Waals surface area contributed by atoms with E-state index in [4.69, 9.17) is 23.2 Å². The topological polar surface area (TPSA) is 91.8 Å². The molecule has 1 aliphatic rings. The van der Waals surface area contributed by atoms with E-state index in [0.717, 1.165) is 34.9 Å². The zero-order valence-electron chi connectivity index (χ0n) is 15.8. The van der Waals surface area contributed by atoms with Gasteiger partial charge in [0.05, 0.1) is 32.7 Å². The van der Waals surface area contributed by atoms with Crippen molar-refractivity contribution in [3.8, 4) is 11.1 Å². The van der Waals surface area contributed by atoms with Crippen molar-refractivity contribution >= 4 is 51.0 Å². The fraction of sp³-hybridized carbons (Fsp3) is 0.368. The number of H-pyrrole nitrogens is 1. The van der Waals surface area contributed by atoms with E-state index < -0.39 is 11.0 Å². The normalized spacial score (nSPS) is 17.3. The number of carbonyl (C=O) groups excluding carboxylic acids is 1. The maximum atomic E-state index is 12.4. The van der Waals surface area contributed by atoms with Crippen LogP contribution in [0.15, 0.2) is 24.5 Å². The summed E-state index contributed by atoms with van der Waals surface area (Å²) in [4.78, 5) is 11.4. The number of benzene rings is 1. The highest BCUT2D eigenvalue weighted by Crippen LogP contribution is 2.42. The molecule has 1 amide bonds. The van der Waals surface area contributed by atoms with E-state index in [-0.39, 0.29) is 24.1 Å². The summed E-state index contributed by atoms with van der Waals surface area (Å²) in [5, 5.41) is 11.6. The van der Waals surface area contributed by atoms with E-state index in [9.17, 15) is 9.00 Å². The van der Waals surface area contributed by atoms with Crippen LogP contribution in [0, 0.1) is 0 Å². The first-order chi connectivity index (χ1) is 14.0. The van der Waals surface area contributed by atoms with Gasteiger partial charge in [-0.25, -0.2) is 8.93 Å². The van der Waals surface area contributed by atoms with Crippen LogP contribution >= 0.6 is 23.2 Å². The first-order valence-electron chi connectivity index (χ1n) is 9.33. The Bertz CT molecular complexity index is 1080. The van der Waals surface area contributed by atoms with Gasteiger partial charge < -0.3 is 9.88 Å². The van der Waals surface area contributed by atoms with Crippen molar-refractivity contribution in [2.75, 3.05) is 12.8 Å². The maximum absolute atomic E-state index is 12.4. The summed E-state index contributed by atoms with van der Waals surface area (Å²) < 4.78 is 17.7. The van der Waals surface area contributed by atoms with Crippen molar-refractivity contribution in [3.63, 3.8) is 0 Å². The molecule has 3 N–H and O–H groups in total. The molecule has 0 aliphatic carbocycles. The fourth-order valence-electron chi connectivity index (χ4n) is 3.88. The number of carbonyl (C=O) groups is 1. The van der Waals surface area contributed by atoms with Gasteiger partial charge in [0.25, 0.3) is 0 Å². The minimum Gasteiger partial charge on any atom is -0.359 e. The van der Waals surface area contributed by atoms with Crippen LogP contribution in [0.25, 0.3) is 22.0 Å². The van der Waals surface area contributed by atoms with Gasteiger partial charge >= 0.3 is 0 Å². The molecular weight excluding hydrogens is 433 g/mol. The molecular formula is C19H21Cl2N5O2S. The van der Waals surface area contributed by atoms with Gasteiger partial charge in [0.1, 0.15) is 0 Å². The number of amides is 1. The number of hydrogen-bond donors (Lipinski definition) is 3. The molecule has 0 saturated heterocycles. The first kappa shape index (κ1) is 20.4. The van der Waals surface area contributed by atoms with Crippen LogP contribution in [-0.2, 0) is 28.7 Å². The lowest BCUT2D eigenvalue weighted by Gasteiger charge is -2.26. The van der Waals surface area contributed by atoms with Crippen molar-refractivity contribution in [3.05, 3.63) is 40.3 Å². The molecule has 1 aliphatic heterocycles. The molecule has 2 aromatic heterocycles. The van der Waals surface area contributed by atoms with Crippen LogP contribution < -0.4 is 10.0 Å². The minimum absolute atomic E-state index is 0.0101. The van der Waals surface area contributed by atoms with Gasteiger partial charge in [-0.2, -0.15) is 5.10 Å². The molecule has 154 valence electrons. The lowest BCUT2D eigenvalue weighted by Crippen LogP contribution is -2.39. The molecule has 3 heterocycles. The van der Waals surface area contributed by atoms with Gasteiger partial charge in [0, 0.05) is 60.2 Å². The Kier molecular flexibility index (Phi) is 5.96. The third-order valence-corrected chi connectivity index (χ3v) is 7.20. The quantitative estimate of drug-likeness (QED) is 0.535. The van der Waals surface area contributed by atoms with E-state index >= 15 is 0 Å². The molecule has 7 nitrogen and oxygen atoms in total. The smallest absolute Gasteiger partial charge is 0.220 e. The second kappa shape index (κ2) is 8.47. The van der Waals surface area contributed by atoms with Crippen molar-refractivity contribution in [2.24, 2.45) is 0 Å². The molecule has 0 saturated carbocycles. The van der Waals surface area contributed by atoms with Crippen LogP contribution in [-0.4, -0.2) is 43.7 Å². The molecule has 0 bridgehead atoms. The van der Waals surface area contributed by atoms with Gasteiger partial charge in [-0.15, -0.1) is 0 Å². The zero-order valence-corrected chi connectivity index (χ0v) is 18.1. The number of rotatable bonds is 6. The van der Waals surface area contributed by atoms with Gasteiger partial charge in [0.15, 0.2) is 0 Å². The van der Waals surface area contributed by atoms with Crippen LogP contribution in [0.5, 0.6) is 0 Å². The Morgan fingerprint density at radius 1 is 1.41 bits per heavy atom. The number of fused-ring (bicyclic) bond motifs is 3. The Hall–Kier alpha value is -1.87. The number of aromatic nitrogens is 3. The number of hydrogen-bond acceptors (Lipinski definition) is 3. The van der Waals surface area contributed by atoms with E-state index in [2.05, 4.69) is 24.8 Å². The summed E-state index contributed by atoms with van der Waals surface area (Å²) in [7, 11) is 0.293. The predicted octanol–water partition coefficient (Wildman–Crippen LogP) is 3.04. The third kappa shape index (κ3) is 3.94. The zero-order chi connectivity index (χ0) is 20.5. The number of nitrogens with zero attached hydrogens (tertiary/aromatic N) is 2. The molecule has 10 heteroatoms. The number of halogens is 2. The SMILES string of the molecule is CNC(=O)CCS(=O)NC1CCc2c(-c3cn[nH]c3)c3ccc(Cl)c(Cl)c3n2C1. The number of aromatic amines is 1. The van der Waals surface area contributed by atoms with Gasteiger partial charge in [0.2, 0.25) is 5.91 Å². The second-order valence-electron chi connectivity index (χ2n) is 7.00. The first-order valence-corrected chi connectivity index (χ1v) is 11.4. The Morgan fingerprint density at radius 2 is 2.24 bits per heavy atom. The molecule has 29 heavy (non-hydrogen) atoms. The predicted molar refractivity (Wildman–Crippen MR) is 116 cm³/mol. The van der Waals surface area contributed by atoms with Crippen molar-refractivity contribution < 1.29 is 9.00 Å². The summed E-state index contributed by atoms with van der Waals surface area (Å²) in [6.07, 6.45) is 5.53. The fourth-order valence-corrected chi connectivity index (χ4v) is 5.35. The molecule has 2 unspecified atom stereocenters. The third-order valence-electron chi connectivity index (χ3n) is 5.23. The van der Waals surface area contributed by atoms with E-state index in [1.165, 1.54) is 5.69 Å².